The maximum absolute atomic E-state index is 11.9. The zero-order valence-electron chi connectivity index (χ0n) is 9.91. The molecule has 0 aliphatic heterocycles. The molecule has 0 aliphatic rings. The van der Waals surface area contributed by atoms with Gasteiger partial charge in [-0.25, -0.2) is 0 Å². The molecule has 5 nitrogen and oxygen atoms in total. The fraction of sp³-hybridized carbons (Fsp3) is 0.154. The first-order chi connectivity index (χ1) is 8.66. The summed E-state index contributed by atoms with van der Waals surface area (Å²) in [5.74, 6) is -0.228. The van der Waals surface area contributed by atoms with Crippen LogP contribution in [0.25, 0.3) is 0 Å². The van der Waals surface area contributed by atoms with Crippen molar-refractivity contribution in [3.05, 3.63) is 65.4 Å². The summed E-state index contributed by atoms with van der Waals surface area (Å²) in [6.45, 7) is 1.86. The van der Waals surface area contributed by atoms with E-state index in [1.807, 2.05) is 25.1 Å². The predicted octanol–water partition coefficient (Wildman–Crippen LogP) is 1.21. The van der Waals surface area contributed by atoms with Crippen LogP contribution in [-0.4, -0.2) is 10.9 Å². The highest BCUT2D eigenvalue weighted by molar-refractivity contribution is 5.94. The number of nitrogens with zero attached hydrogens (tertiary/aromatic N) is 2. The number of pyridine rings is 2. The van der Waals surface area contributed by atoms with E-state index in [0.717, 1.165) is 5.69 Å². The summed E-state index contributed by atoms with van der Waals surface area (Å²) in [5, 5.41) is 13.7. The van der Waals surface area contributed by atoms with Crippen LogP contribution in [0.4, 0.5) is 0 Å². The van der Waals surface area contributed by atoms with Crippen LogP contribution in [0.2, 0.25) is 0 Å². The molecule has 0 saturated carbocycles. The predicted molar refractivity (Wildman–Crippen MR) is 65.5 cm³/mol. The van der Waals surface area contributed by atoms with E-state index in [1.54, 1.807) is 6.20 Å². The highest BCUT2D eigenvalue weighted by Gasteiger charge is 2.12. The van der Waals surface area contributed by atoms with Gasteiger partial charge in [0.05, 0.1) is 17.3 Å². The Morgan fingerprint density at radius 2 is 2.06 bits per heavy atom. The van der Waals surface area contributed by atoms with Gasteiger partial charge in [-0.1, -0.05) is 6.07 Å². The number of hydrogen-bond donors (Lipinski definition) is 1. The number of rotatable bonds is 3. The van der Waals surface area contributed by atoms with Gasteiger partial charge in [-0.2, -0.15) is 4.73 Å². The van der Waals surface area contributed by atoms with Crippen molar-refractivity contribution in [3.63, 3.8) is 0 Å². The van der Waals surface area contributed by atoms with Gasteiger partial charge >= 0.3 is 0 Å². The molecule has 92 valence electrons. The lowest BCUT2D eigenvalue weighted by Gasteiger charge is -2.12. The fourth-order valence-electron chi connectivity index (χ4n) is 1.55. The molecule has 0 saturated heterocycles. The summed E-state index contributed by atoms with van der Waals surface area (Å²) in [6, 6.07) is 8.32. The van der Waals surface area contributed by atoms with Crippen molar-refractivity contribution in [2.24, 2.45) is 0 Å². The molecular weight excluding hydrogens is 230 g/mol. The minimum Gasteiger partial charge on any atom is -0.619 e. The summed E-state index contributed by atoms with van der Waals surface area (Å²) in [7, 11) is 0. The third-order valence-electron chi connectivity index (χ3n) is 2.54. The number of amides is 1. The van der Waals surface area contributed by atoms with E-state index in [2.05, 4.69) is 10.3 Å². The van der Waals surface area contributed by atoms with E-state index in [4.69, 9.17) is 0 Å². The van der Waals surface area contributed by atoms with Gasteiger partial charge in [-0.15, -0.1) is 0 Å². The molecule has 0 fully saturated rings. The summed E-state index contributed by atoms with van der Waals surface area (Å²) < 4.78 is 0.638. The Morgan fingerprint density at radius 1 is 1.33 bits per heavy atom. The summed E-state index contributed by atoms with van der Waals surface area (Å²) in [4.78, 5) is 16.1. The monoisotopic (exact) mass is 243 g/mol. The van der Waals surface area contributed by atoms with Gasteiger partial charge in [0.2, 0.25) is 0 Å². The summed E-state index contributed by atoms with van der Waals surface area (Å²) >= 11 is 0. The van der Waals surface area contributed by atoms with Crippen molar-refractivity contribution in [1.29, 1.82) is 0 Å². The molecule has 0 bridgehead atoms. The molecule has 0 aromatic carbocycles. The fourth-order valence-corrected chi connectivity index (χ4v) is 1.55. The molecule has 2 aromatic rings. The Hall–Kier alpha value is -2.43. The van der Waals surface area contributed by atoms with Crippen molar-refractivity contribution in [2.75, 3.05) is 0 Å². The largest absolute Gasteiger partial charge is 0.619 e. The maximum Gasteiger partial charge on any atom is 0.252 e. The molecule has 0 spiro atoms. The normalized spacial score (nSPS) is 11.8. The average Bonchev–Trinajstić information content (AvgIpc) is 2.40. The van der Waals surface area contributed by atoms with E-state index in [9.17, 15) is 10.0 Å². The van der Waals surface area contributed by atoms with Gasteiger partial charge in [0.1, 0.15) is 0 Å². The molecule has 1 N–H and O–H groups in total. The Morgan fingerprint density at radius 3 is 2.67 bits per heavy atom. The second kappa shape index (κ2) is 5.27. The molecule has 2 rings (SSSR count). The van der Waals surface area contributed by atoms with Crippen LogP contribution < -0.4 is 10.0 Å². The Kier molecular flexibility index (Phi) is 3.52. The molecule has 2 aromatic heterocycles. The topological polar surface area (TPSA) is 68.9 Å². The number of carbonyl (C=O) groups is 1. The van der Waals surface area contributed by atoms with Crippen molar-refractivity contribution < 1.29 is 9.52 Å². The van der Waals surface area contributed by atoms with Crippen molar-refractivity contribution in [1.82, 2.24) is 10.3 Å². The van der Waals surface area contributed by atoms with E-state index in [0.29, 0.717) is 10.3 Å². The first-order valence-electron chi connectivity index (χ1n) is 5.57. The molecule has 0 radical (unpaired) electrons. The Labute approximate surface area is 105 Å². The lowest BCUT2D eigenvalue weighted by atomic mass is 10.2. The number of nitrogens with one attached hydrogen (secondary N) is 1. The van der Waals surface area contributed by atoms with E-state index < -0.39 is 0 Å². The molecule has 0 aliphatic carbocycles. The van der Waals surface area contributed by atoms with Crippen molar-refractivity contribution in [2.45, 2.75) is 13.0 Å². The van der Waals surface area contributed by atoms with Gasteiger partial charge in [0, 0.05) is 18.3 Å². The molecule has 1 unspecified atom stereocenters. The van der Waals surface area contributed by atoms with Crippen LogP contribution in [0.3, 0.4) is 0 Å². The molecule has 1 amide bonds. The van der Waals surface area contributed by atoms with E-state index in [-0.39, 0.29) is 11.9 Å². The lowest BCUT2D eigenvalue weighted by molar-refractivity contribution is -0.605. The second-order valence-corrected chi connectivity index (χ2v) is 3.90. The highest BCUT2D eigenvalue weighted by atomic mass is 16.5. The second-order valence-electron chi connectivity index (χ2n) is 3.90. The summed E-state index contributed by atoms with van der Waals surface area (Å²) in [5.41, 5.74) is 1.24. The Balaban J connectivity index is 2.06. The van der Waals surface area contributed by atoms with Gasteiger partial charge in [-0.05, 0) is 19.1 Å². The highest BCUT2D eigenvalue weighted by Crippen LogP contribution is 2.09. The molecule has 5 heteroatoms. The van der Waals surface area contributed by atoms with Gasteiger partial charge in [0.15, 0.2) is 12.4 Å². The minimum atomic E-state index is -0.228. The van der Waals surface area contributed by atoms with Crippen molar-refractivity contribution >= 4 is 5.91 Å². The number of hydrogen-bond acceptors (Lipinski definition) is 3. The molecule has 1 atom stereocenters. The first-order valence-corrected chi connectivity index (χ1v) is 5.57. The van der Waals surface area contributed by atoms with Gasteiger partial charge in [0.25, 0.3) is 5.91 Å². The van der Waals surface area contributed by atoms with Gasteiger partial charge < -0.3 is 10.5 Å². The summed E-state index contributed by atoms with van der Waals surface area (Å²) in [6.07, 6.45) is 4.27. The van der Waals surface area contributed by atoms with Crippen LogP contribution in [0, 0.1) is 5.21 Å². The van der Waals surface area contributed by atoms with Crippen LogP contribution in [0.15, 0.2) is 48.9 Å². The SMILES string of the molecule is CC(NC(=O)c1cc[n+]([O-])cc1)c1ccccn1. The lowest BCUT2D eigenvalue weighted by Crippen LogP contribution is -2.29. The standard InChI is InChI=1S/C13H13N3O2/c1-10(12-4-2-3-7-14-12)15-13(17)11-5-8-16(18)9-6-11/h2-10H,1H3,(H,15,17). The Bertz CT molecular complexity index is 526. The van der Waals surface area contributed by atoms with Crippen LogP contribution in [0.5, 0.6) is 0 Å². The average molecular weight is 243 g/mol. The minimum absolute atomic E-state index is 0.182. The zero-order valence-corrected chi connectivity index (χ0v) is 9.91. The third-order valence-corrected chi connectivity index (χ3v) is 2.54. The van der Waals surface area contributed by atoms with Crippen molar-refractivity contribution in [3.8, 4) is 0 Å². The quantitative estimate of drug-likeness (QED) is 0.650. The third kappa shape index (κ3) is 2.82. The smallest absolute Gasteiger partial charge is 0.252 e. The zero-order chi connectivity index (χ0) is 13.0. The first kappa shape index (κ1) is 12.0. The van der Waals surface area contributed by atoms with Gasteiger partial charge in [-0.3, -0.25) is 9.78 Å². The van der Waals surface area contributed by atoms with E-state index >= 15 is 0 Å². The maximum atomic E-state index is 11.9. The van der Waals surface area contributed by atoms with Crippen LogP contribution >= 0.6 is 0 Å². The van der Waals surface area contributed by atoms with E-state index in [1.165, 1.54) is 24.5 Å². The van der Waals surface area contributed by atoms with Crippen LogP contribution in [-0.2, 0) is 0 Å². The number of aromatic nitrogens is 2. The molecule has 18 heavy (non-hydrogen) atoms. The molecule has 2 heterocycles. The molecular formula is C13H13N3O2. The van der Waals surface area contributed by atoms with Crippen LogP contribution in [0.1, 0.15) is 29.0 Å². The number of carbonyl (C=O) groups excluding carboxylic acids is 1.